The molecule has 0 radical (unpaired) electrons. The number of carbonyl (C=O) groups is 1. The van der Waals surface area contributed by atoms with Gasteiger partial charge in [-0.05, 0) is 43.3 Å². The molecule has 1 amide bonds. The maximum atomic E-state index is 11.6. The highest BCUT2D eigenvalue weighted by molar-refractivity contribution is 7.08. The van der Waals surface area contributed by atoms with Gasteiger partial charge in [0.1, 0.15) is 0 Å². The standard InChI is InChI=1S/C11H16N2OS.ClH/c14-11(10-3-6-15-8-10)13-7-9-1-4-12-5-2-9;/h3,6,8-9,12H,1-2,4-5,7H2,(H,13,14);1H. The first-order valence-corrected chi connectivity index (χ1v) is 6.31. The van der Waals surface area contributed by atoms with Crippen LogP contribution >= 0.6 is 23.7 Å². The molecule has 0 aromatic carbocycles. The molecule has 90 valence electrons. The van der Waals surface area contributed by atoms with Crippen molar-refractivity contribution in [2.45, 2.75) is 12.8 Å². The van der Waals surface area contributed by atoms with Gasteiger partial charge in [-0.1, -0.05) is 0 Å². The molecule has 2 N–H and O–H groups in total. The molecule has 2 rings (SSSR count). The van der Waals surface area contributed by atoms with Crippen molar-refractivity contribution in [3.8, 4) is 0 Å². The minimum absolute atomic E-state index is 0. The molecule has 16 heavy (non-hydrogen) atoms. The molecule has 1 aliphatic rings. The zero-order valence-corrected chi connectivity index (χ0v) is 10.7. The molecule has 0 aliphatic carbocycles. The van der Waals surface area contributed by atoms with E-state index in [-0.39, 0.29) is 18.3 Å². The highest BCUT2D eigenvalue weighted by Gasteiger charge is 2.14. The van der Waals surface area contributed by atoms with Crippen molar-refractivity contribution in [3.63, 3.8) is 0 Å². The average Bonchev–Trinajstić information content (AvgIpc) is 2.81. The molecule has 0 bridgehead atoms. The quantitative estimate of drug-likeness (QED) is 0.872. The smallest absolute Gasteiger partial charge is 0.252 e. The highest BCUT2D eigenvalue weighted by Crippen LogP contribution is 2.11. The fourth-order valence-electron chi connectivity index (χ4n) is 1.82. The number of hydrogen-bond donors (Lipinski definition) is 2. The molecule has 0 unspecified atom stereocenters. The van der Waals surface area contributed by atoms with Crippen LogP contribution in [0, 0.1) is 5.92 Å². The first kappa shape index (κ1) is 13.5. The zero-order chi connectivity index (χ0) is 10.5. The second-order valence-electron chi connectivity index (χ2n) is 3.92. The van der Waals surface area contributed by atoms with E-state index in [1.54, 1.807) is 11.3 Å². The van der Waals surface area contributed by atoms with E-state index in [9.17, 15) is 4.79 Å². The minimum Gasteiger partial charge on any atom is -0.352 e. The Morgan fingerprint density at radius 3 is 2.88 bits per heavy atom. The van der Waals surface area contributed by atoms with Crippen LogP contribution in [0.2, 0.25) is 0 Å². The van der Waals surface area contributed by atoms with Crippen LogP contribution in [0.1, 0.15) is 23.2 Å². The van der Waals surface area contributed by atoms with Crippen molar-refractivity contribution in [1.82, 2.24) is 10.6 Å². The molecule has 1 fully saturated rings. The van der Waals surface area contributed by atoms with Crippen molar-refractivity contribution >= 4 is 29.7 Å². The van der Waals surface area contributed by atoms with E-state index in [1.807, 2.05) is 16.8 Å². The van der Waals surface area contributed by atoms with Crippen LogP contribution in [0.3, 0.4) is 0 Å². The van der Waals surface area contributed by atoms with Gasteiger partial charge < -0.3 is 10.6 Å². The SMILES string of the molecule is Cl.O=C(NCC1CCNCC1)c1ccsc1. The molecule has 0 atom stereocenters. The first-order valence-electron chi connectivity index (χ1n) is 5.37. The number of piperidine rings is 1. The molecular weight excluding hydrogens is 244 g/mol. The molecule has 3 nitrogen and oxygen atoms in total. The lowest BCUT2D eigenvalue weighted by atomic mass is 9.98. The second-order valence-corrected chi connectivity index (χ2v) is 4.70. The summed E-state index contributed by atoms with van der Waals surface area (Å²) < 4.78 is 0. The van der Waals surface area contributed by atoms with Crippen molar-refractivity contribution in [3.05, 3.63) is 22.4 Å². The largest absolute Gasteiger partial charge is 0.352 e. The summed E-state index contributed by atoms with van der Waals surface area (Å²) in [5, 5.41) is 10.1. The maximum absolute atomic E-state index is 11.6. The Hall–Kier alpha value is -0.580. The van der Waals surface area contributed by atoms with Gasteiger partial charge in [-0.25, -0.2) is 0 Å². The van der Waals surface area contributed by atoms with Crippen LogP contribution in [-0.4, -0.2) is 25.5 Å². The fourth-order valence-corrected chi connectivity index (χ4v) is 2.45. The zero-order valence-electron chi connectivity index (χ0n) is 9.07. The number of amides is 1. The number of thiophene rings is 1. The van der Waals surface area contributed by atoms with E-state index >= 15 is 0 Å². The number of hydrogen-bond acceptors (Lipinski definition) is 3. The van der Waals surface area contributed by atoms with Gasteiger partial charge in [0.2, 0.25) is 0 Å². The third kappa shape index (κ3) is 3.77. The maximum Gasteiger partial charge on any atom is 0.252 e. The Labute approximate surface area is 106 Å². The van der Waals surface area contributed by atoms with Crippen molar-refractivity contribution < 1.29 is 4.79 Å². The van der Waals surface area contributed by atoms with E-state index < -0.39 is 0 Å². The third-order valence-corrected chi connectivity index (χ3v) is 3.48. The minimum atomic E-state index is 0. The van der Waals surface area contributed by atoms with Crippen molar-refractivity contribution in [2.75, 3.05) is 19.6 Å². The van der Waals surface area contributed by atoms with E-state index in [4.69, 9.17) is 0 Å². The number of carbonyl (C=O) groups excluding carboxylic acids is 1. The van der Waals surface area contributed by atoms with Crippen LogP contribution in [0.4, 0.5) is 0 Å². The summed E-state index contributed by atoms with van der Waals surface area (Å²) in [4.78, 5) is 11.6. The molecule has 1 aromatic heterocycles. The fraction of sp³-hybridized carbons (Fsp3) is 0.545. The van der Waals surface area contributed by atoms with Gasteiger partial charge in [0.05, 0.1) is 0 Å². The molecule has 1 aromatic rings. The summed E-state index contributed by atoms with van der Waals surface area (Å²) in [5.41, 5.74) is 0.786. The van der Waals surface area contributed by atoms with Gasteiger partial charge >= 0.3 is 0 Å². The Bertz CT molecular complexity index is 310. The Kier molecular flexibility index (Phi) is 5.80. The van der Waals surface area contributed by atoms with Crippen molar-refractivity contribution in [1.29, 1.82) is 0 Å². The van der Waals surface area contributed by atoms with Gasteiger partial charge in [-0.2, -0.15) is 11.3 Å². The molecule has 0 saturated carbocycles. The van der Waals surface area contributed by atoms with Crippen LogP contribution in [0.15, 0.2) is 16.8 Å². The predicted octanol–water partition coefficient (Wildman–Crippen LogP) is 1.90. The summed E-state index contributed by atoms with van der Waals surface area (Å²) in [7, 11) is 0. The molecule has 0 spiro atoms. The molecule has 5 heteroatoms. The van der Waals surface area contributed by atoms with Crippen LogP contribution in [0.25, 0.3) is 0 Å². The Balaban J connectivity index is 0.00000128. The van der Waals surface area contributed by atoms with Gasteiger partial charge in [0.25, 0.3) is 5.91 Å². The predicted molar refractivity (Wildman–Crippen MR) is 69.5 cm³/mol. The summed E-state index contributed by atoms with van der Waals surface area (Å²) in [6.45, 7) is 2.98. The molecule has 1 saturated heterocycles. The van der Waals surface area contributed by atoms with Gasteiger partial charge in [0.15, 0.2) is 0 Å². The van der Waals surface area contributed by atoms with Crippen LogP contribution < -0.4 is 10.6 Å². The van der Waals surface area contributed by atoms with E-state index in [0.29, 0.717) is 5.92 Å². The topological polar surface area (TPSA) is 41.1 Å². The van der Waals surface area contributed by atoms with Crippen molar-refractivity contribution in [2.24, 2.45) is 5.92 Å². The number of halogens is 1. The van der Waals surface area contributed by atoms with E-state index in [2.05, 4.69) is 10.6 Å². The lowest BCUT2D eigenvalue weighted by Gasteiger charge is -2.22. The third-order valence-electron chi connectivity index (χ3n) is 2.79. The summed E-state index contributed by atoms with van der Waals surface area (Å²) in [6.07, 6.45) is 2.34. The number of nitrogens with one attached hydrogen (secondary N) is 2. The first-order chi connectivity index (χ1) is 7.36. The van der Waals surface area contributed by atoms with Gasteiger partial charge in [-0.15, -0.1) is 12.4 Å². The van der Waals surface area contributed by atoms with Gasteiger partial charge in [0, 0.05) is 17.5 Å². The number of rotatable bonds is 3. The normalized spacial score (nSPS) is 16.5. The summed E-state index contributed by atoms with van der Waals surface area (Å²) in [6, 6.07) is 1.86. The monoisotopic (exact) mass is 260 g/mol. The van der Waals surface area contributed by atoms with Crippen LogP contribution in [0.5, 0.6) is 0 Å². The summed E-state index contributed by atoms with van der Waals surface area (Å²) >= 11 is 1.56. The van der Waals surface area contributed by atoms with E-state index in [0.717, 1.165) is 25.2 Å². The lowest BCUT2D eigenvalue weighted by molar-refractivity contribution is 0.0944. The molecule has 1 aliphatic heterocycles. The molecule has 2 heterocycles. The van der Waals surface area contributed by atoms with Crippen LogP contribution in [-0.2, 0) is 0 Å². The highest BCUT2D eigenvalue weighted by atomic mass is 35.5. The second kappa shape index (κ2) is 6.89. The summed E-state index contributed by atoms with van der Waals surface area (Å²) in [5.74, 6) is 0.712. The average molecular weight is 261 g/mol. The lowest BCUT2D eigenvalue weighted by Crippen LogP contribution is -2.35. The Morgan fingerprint density at radius 2 is 2.25 bits per heavy atom. The Morgan fingerprint density at radius 1 is 1.50 bits per heavy atom. The molecular formula is C11H17ClN2OS. The van der Waals surface area contributed by atoms with Gasteiger partial charge in [-0.3, -0.25) is 4.79 Å². The van der Waals surface area contributed by atoms with E-state index in [1.165, 1.54) is 12.8 Å².